The van der Waals surface area contributed by atoms with Crippen LogP contribution in [-0.4, -0.2) is 80.2 Å². The standard InChI is InChI=1S/C19H27F4N5O/c1-14(19(21,22)23)27-9-11-28(12-10-27)18(24-2)26-8-7-25-17(29)13-15-3-5-16(20)6-4-15/h3-6,14H,7-13H2,1-2H3,(H,24,26)(H,25,29). The van der Waals surface area contributed by atoms with Crippen LogP contribution in [0.15, 0.2) is 29.3 Å². The topological polar surface area (TPSA) is 60.0 Å². The Morgan fingerprint density at radius 3 is 2.24 bits per heavy atom. The highest BCUT2D eigenvalue weighted by Gasteiger charge is 2.41. The molecular weight excluding hydrogens is 390 g/mol. The molecule has 1 fully saturated rings. The van der Waals surface area contributed by atoms with E-state index in [2.05, 4.69) is 15.6 Å². The highest BCUT2D eigenvalue weighted by Crippen LogP contribution is 2.25. The lowest BCUT2D eigenvalue weighted by molar-refractivity contribution is -0.181. The van der Waals surface area contributed by atoms with Gasteiger partial charge in [0, 0.05) is 46.3 Å². The Labute approximate surface area is 168 Å². The summed E-state index contributed by atoms with van der Waals surface area (Å²) < 4.78 is 51.4. The summed E-state index contributed by atoms with van der Waals surface area (Å²) in [6.07, 6.45) is -4.07. The number of benzene rings is 1. The number of guanidine groups is 1. The number of aliphatic imine (C=N–C) groups is 1. The summed E-state index contributed by atoms with van der Waals surface area (Å²) in [5.74, 6) is 0.0682. The molecule has 0 radical (unpaired) electrons. The van der Waals surface area contributed by atoms with E-state index in [0.29, 0.717) is 45.2 Å². The van der Waals surface area contributed by atoms with Gasteiger partial charge in [0.1, 0.15) is 11.9 Å². The second kappa shape index (κ2) is 10.4. The number of hydrogen-bond acceptors (Lipinski definition) is 3. The molecule has 0 aromatic heterocycles. The van der Waals surface area contributed by atoms with Crippen LogP contribution in [0.4, 0.5) is 17.6 Å². The van der Waals surface area contributed by atoms with Crippen molar-refractivity contribution in [3.8, 4) is 0 Å². The molecule has 0 aliphatic carbocycles. The number of carbonyl (C=O) groups is 1. The molecule has 0 spiro atoms. The summed E-state index contributed by atoms with van der Waals surface area (Å²) >= 11 is 0. The van der Waals surface area contributed by atoms with E-state index in [-0.39, 0.29) is 18.1 Å². The molecule has 1 aromatic rings. The molecule has 0 bridgehead atoms. The molecule has 2 rings (SSSR count). The first kappa shape index (κ1) is 22.9. The van der Waals surface area contributed by atoms with Crippen LogP contribution in [0, 0.1) is 5.82 Å². The maximum atomic E-state index is 12.9. The van der Waals surface area contributed by atoms with Gasteiger partial charge in [-0.3, -0.25) is 14.7 Å². The summed E-state index contributed by atoms with van der Waals surface area (Å²) in [5.41, 5.74) is 0.721. The van der Waals surface area contributed by atoms with Gasteiger partial charge >= 0.3 is 6.18 Å². The first-order valence-electron chi connectivity index (χ1n) is 9.48. The first-order valence-corrected chi connectivity index (χ1v) is 9.48. The lowest BCUT2D eigenvalue weighted by atomic mass is 10.1. The highest BCUT2D eigenvalue weighted by molar-refractivity contribution is 5.80. The fourth-order valence-corrected chi connectivity index (χ4v) is 3.09. The van der Waals surface area contributed by atoms with Crippen LogP contribution < -0.4 is 10.6 Å². The molecular formula is C19H27F4N5O. The number of rotatable bonds is 6. The molecule has 1 saturated heterocycles. The molecule has 2 N–H and O–H groups in total. The van der Waals surface area contributed by atoms with Gasteiger partial charge in [0.15, 0.2) is 5.96 Å². The van der Waals surface area contributed by atoms with Crippen LogP contribution >= 0.6 is 0 Å². The Morgan fingerprint density at radius 1 is 1.10 bits per heavy atom. The number of nitrogens with one attached hydrogen (secondary N) is 2. The molecule has 29 heavy (non-hydrogen) atoms. The number of alkyl halides is 3. The minimum absolute atomic E-state index is 0.161. The van der Waals surface area contributed by atoms with Crippen molar-refractivity contribution in [2.24, 2.45) is 4.99 Å². The van der Waals surface area contributed by atoms with Gasteiger partial charge in [0.25, 0.3) is 0 Å². The van der Waals surface area contributed by atoms with Crippen LogP contribution in [0.3, 0.4) is 0 Å². The van der Waals surface area contributed by atoms with Crippen molar-refractivity contribution in [1.82, 2.24) is 20.4 Å². The van der Waals surface area contributed by atoms with Crippen LogP contribution in [0.5, 0.6) is 0 Å². The molecule has 1 amide bonds. The van der Waals surface area contributed by atoms with E-state index in [4.69, 9.17) is 0 Å². The number of hydrogen-bond donors (Lipinski definition) is 2. The van der Waals surface area contributed by atoms with Gasteiger partial charge in [0.2, 0.25) is 5.91 Å². The van der Waals surface area contributed by atoms with Gasteiger partial charge in [-0.05, 0) is 24.6 Å². The van der Waals surface area contributed by atoms with Gasteiger partial charge < -0.3 is 15.5 Å². The second-order valence-electron chi connectivity index (χ2n) is 6.87. The predicted octanol–water partition coefficient (Wildman–Crippen LogP) is 1.63. The quantitative estimate of drug-likeness (QED) is 0.320. The Morgan fingerprint density at radius 2 is 1.69 bits per heavy atom. The van der Waals surface area contributed by atoms with Crippen LogP contribution in [0.1, 0.15) is 12.5 Å². The lowest BCUT2D eigenvalue weighted by Crippen LogP contribution is -2.57. The van der Waals surface area contributed by atoms with Crippen molar-refractivity contribution in [3.63, 3.8) is 0 Å². The Hall–Kier alpha value is -2.36. The fraction of sp³-hybridized carbons (Fsp3) is 0.579. The van der Waals surface area contributed by atoms with Crippen LogP contribution in [0.2, 0.25) is 0 Å². The monoisotopic (exact) mass is 417 g/mol. The Kier molecular flexibility index (Phi) is 8.24. The van der Waals surface area contributed by atoms with E-state index in [1.165, 1.54) is 24.0 Å². The van der Waals surface area contributed by atoms with Crippen molar-refractivity contribution in [2.45, 2.75) is 25.6 Å². The van der Waals surface area contributed by atoms with E-state index < -0.39 is 12.2 Å². The summed E-state index contributed by atoms with van der Waals surface area (Å²) in [6, 6.07) is 4.28. The Balaban J connectivity index is 1.69. The largest absolute Gasteiger partial charge is 0.403 e. The van der Waals surface area contributed by atoms with E-state index in [0.717, 1.165) is 5.56 Å². The number of halogens is 4. The lowest BCUT2D eigenvalue weighted by Gasteiger charge is -2.39. The van der Waals surface area contributed by atoms with Crippen molar-refractivity contribution in [2.75, 3.05) is 46.3 Å². The third-order valence-electron chi connectivity index (χ3n) is 4.86. The van der Waals surface area contributed by atoms with E-state index in [9.17, 15) is 22.4 Å². The molecule has 1 aliphatic heterocycles. The zero-order valence-corrected chi connectivity index (χ0v) is 16.6. The van der Waals surface area contributed by atoms with Crippen LogP contribution in [0.25, 0.3) is 0 Å². The minimum atomic E-state index is -4.23. The smallest absolute Gasteiger partial charge is 0.354 e. The van der Waals surface area contributed by atoms with Crippen molar-refractivity contribution in [1.29, 1.82) is 0 Å². The summed E-state index contributed by atoms with van der Waals surface area (Å²) in [7, 11) is 1.61. The molecule has 1 heterocycles. The molecule has 1 aliphatic rings. The number of carbonyl (C=O) groups excluding carboxylic acids is 1. The number of nitrogens with zero attached hydrogens (tertiary/aromatic N) is 3. The molecule has 10 heteroatoms. The van der Waals surface area contributed by atoms with Gasteiger partial charge in [-0.1, -0.05) is 12.1 Å². The first-order chi connectivity index (χ1) is 13.7. The predicted molar refractivity (Wildman–Crippen MR) is 103 cm³/mol. The third kappa shape index (κ3) is 7.19. The summed E-state index contributed by atoms with van der Waals surface area (Å²) in [4.78, 5) is 19.4. The maximum absolute atomic E-state index is 12.9. The minimum Gasteiger partial charge on any atom is -0.354 e. The number of piperazine rings is 1. The van der Waals surface area contributed by atoms with Gasteiger partial charge in [-0.25, -0.2) is 4.39 Å². The fourth-order valence-electron chi connectivity index (χ4n) is 3.09. The normalized spacial score (nSPS) is 17.2. The molecule has 6 nitrogen and oxygen atoms in total. The maximum Gasteiger partial charge on any atom is 0.403 e. The molecule has 1 unspecified atom stereocenters. The van der Waals surface area contributed by atoms with Crippen molar-refractivity contribution >= 4 is 11.9 Å². The molecule has 1 aromatic carbocycles. The second-order valence-corrected chi connectivity index (χ2v) is 6.87. The zero-order valence-electron chi connectivity index (χ0n) is 16.6. The van der Waals surface area contributed by atoms with Crippen molar-refractivity contribution in [3.05, 3.63) is 35.6 Å². The molecule has 0 saturated carbocycles. The number of amides is 1. The molecule has 162 valence electrons. The van der Waals surface area contributed by atoms with Gasteiger partial charge in [-0.2, -0.15) is 13.2 Å². The van der Waals surface area contributed by atoms with Crippen LogP contribution in [-0.2, 0) is 11.2 Å². The van der Waals surface area contributed by atoms with E-state index >= 15 is 0 Å². The summed E-state index contributed by atoms with van der Waals surface area (Å²) in [5, 5.41) is 5.88. The van der Waals surface area contributed by atoms with E-state index in [1.54, 1.807) is 19.2 Å². The third-order valence-corrected chi connectivity index (χ3v) is 4.86. The van der Waals surface area contributed by atoms with Crippen molar-refractivity contribution < 1.29 is 22.4 Å². The highest BCUT2D eigenvalue weighted by atomic mass is 19.4. The Bertz CT molecular complexity index is 685. The van der Waals surface area contributed by atoms with Gasteiger partial charge in [0.05, 0.1) is 6.42 Å². The molecule has 1 atom stereocenters. The van der Waals surface area contributed by atoms with E-state index in [1.807, 2.05) is 4.90 Å². The summed E-state index contributed by atoms with van der Waals surface area (Å²) in [6.45, 7) is 3.46. The SMILES string of the molecule is CN=C(NCCNC(=O)Cc1ccc(F)cc1)N1CCN(C(C)C(F)(F)F)CC1. The zero-order chi connectivity index (χ0) is 21.4. The van der Waals surface area contributed by atoms with Gasteiger partial charge in [-0.15, -0.1) is 0 Å². The average molecular weight is 417 g/mol. The average Bonchev–Trinajstić information content (AvgIpc) is 2.69.